The summed E-state index contributed by atoms with van der Waals surface area (Å²) in [4.78, 5) is 0. The molecule has 1 nitrogen and oxygen atoms in total. The van der Waals surface area contributed by atoms with Crippen molar-refractivity contribution in [2.45, 2.75) is 13.3 Å². The summed E-state index contributed by atoms with van der Waals surface area (Å²) in [7, 11) is 1.93. The number of benzene rings is 1. The molecule has 0 spiro atoms. The number of hydrogen-bond acceptors (Lipinski definition) is 1. The number of nitrogens with one attached hydrogen (secondary N) is 1. The van der Waals surface area contributed by atoms with Gasteiger partial charge in [-0.25, -0.2) is 4.39 Å². The maximum Gasteiger partial charge on any atom is 0.123 e. The van der Waals surface area contributed by atoms with E-state index in [-0.39, 0.29) is 5.82 Å². The molecule has 1 aromatic carbocycles. The summed E-state index contributed by atoms with van der Waals surface area (Å²) in [6.45, 7) is 3.02. The van der Waals surface area contributed by atoms with Crippen LogP contribution >= 0.6 is 0 Å². The van der Waals surface area contributed by atoms with Gasteiger partial charge in [0.25, 0.3) is 0 Å². The van der Waals surface area contributed by atoms with E-state index in [0.717, 1.165) is 18.5 Å². The largest absolute Gasteiger partial charge is 0.319 e. The topological polar surface area (TPSA) is 12.0 Å². The Kier molecular flexibility index (Phi) is 4.33. The molecule has 0 aliphatic rings. The fraction of sp³-hybridized carbons (Fsp3) is 0.333. The summed E-state index contributed by atoms with van der Waals surface area (Å²) < 4.78 is 12.6. The van der Waals surface area contributed by atoms with Gasteiger partial charge >= 0.3 is 0 Å². The summed E-state index contributed by atoms with van der Waals surface area (Å²) in [6, 6.07) is 6.59. The summed E-state index contributed by atoms with van der Waals surface area (Å²) in [5.41, 5.74) is 2.28. The van der Waals surface area contributed by atoms with E-state index in [1.54, 1.807) is 12.1 Å². The monoisotopic (exact) mass is 193 g/mol. The van der Waals surface area contributed by atoms with Crippen LogP contribution in [-0.4, -0.2) is 13.6 Å². The first-order chi connectivity index (χ1) is 6.74. The maximum absolute atomic E-state index is 12.6. The summed E-state index contributed by atoms with van der Waals surface area (Å²) in [5.74, 6) is -0.184. The van der Waals surface area contributed by atoms with Gasteiger partial charge in [0.15, 0.2) is 0 Å². The molecule has 14 heavy (non-hydrogen) atoms. The first-order valence-corrected chi connectivity index (χ1v) is 4.81. The molecule has 0 aliphatic heterocycles. The molecule has 0 atom stereocenters. The Hall–Kier alpha value is -1.15. The van der Waals surface area contributed by atoms with Crippen molar-refractivity contribution in [3.8, 4) is 0 Å². The Bertz CT molecular complexity index is 301. The van der Waals surface area contributed by atoms with Crippen LogP contribution in [0.1, 0.15) is 18.9 Å². The van der Waals surface area contributed by atoms with Gasteiger partial charge in [0.2, 0.25) is 0 Å². The highest BCUT2D eigenvalue weighted by atomic mass is 19.1. The van der Waals surface area contributed by atoms with Crippen LogP contribution in [0.4, 0.5) is 4.39 Å². The third-order valence-electron chi connectivity index (χ3n) is 2.14. The van der Waals surface area contributed by atoms with Crippen molar-refractivity contribution < 1.29 is 4.39 Å². The van der Waals surface area contributed by atoms with Crippen LogP contribution in [0.3, 0.4) is 0 Å². The molecular weight excluding hydrogens is 177 g/mol. The normalized spacial score (nSPS) is 11.8. The fourth-order valence-electron chi connectivity index (χ4n) is 1.26. The van der Waals surface area contributed by atoms with E-state index in [4.69, 9.17) is 0 Å². The predicted molar refractivity (Wildman–Crippen MR) is 58.6 cm³/mol. The van der Waals surface area contributed by atoms with Crippen molar-refractivity contribution in [1.29, 1.82) is 0 Å². The minimum Gasteiger partial charge on any atom is -0.319 e. The van der Waals surface area contributed by atoms with Crippen molar-refractivity contribution in [3.05, 3.63) is 41.7 Å². The second-order valence-corrected chi connectivity index (χ2v) is 3.29. The molecule has 0 radical (unpaired) electrons. The van der Waals surface area contributed by atoms with E-state index in [9.17, 15) is 4.39 Å². The van der Waals surface area contributed by atoms with Gasteiger partial charge in [-0.2, -0.15) is 0 Å². The van der Waals surface area contributed by atoms with Gasteiger partial charge in [-0.15, -0.1) is 0 Å². The number of halogens is 1. The van der Waals surface area contributed by atoms with Crippen molar-refractivity contribution in [2.75, 3.05) is 13.6 Å². The molecule has 0 saturated carbocycles. The molecule has 0 saturated heterocycles. The lowest BCUT2D eigenvalue weighted by atomic mass is 10.1. The maximum atomic E-state index is 12.6. The van der Waals surface area contributed by atoms with Crippen molar-refractivity contribution >= 4 is 5.57 Å². The molecule has 0 aliphatic carbocycles. The Morgan fingerprint density at radius 1 is 1.36 bits per heavy atom. The van der Waals surface area contributed by atoms with Crippen LogP contribution in [0.15, 0.2) is 30.3 Å². The van der Waals surface area contributed by atoms with Gasteiger partial charge in [0, 0.05) is 0 Å². The Labute approximate surface area is 84.6 Å². The van der Waals surface area contributed by atoms with Gasteiger partial charge in [-0.05, 0) is 50.2 Å². The van der Waals surface area contributed by atoms with Crippen LogP contribution in [0, 0.1) is 5.82 Å². The molecular formula is C12H16FN. The van der Waals surface area contributed by atoms with Crippen LogP contribution in [0.5, 0.6) is 0 Å². The lowest BCUT2D eigenvalue weighted by molar-refractivity contribution is 0.627. The molecule has 1 N–H and O–H groups in total. The van der Waals surface area contributed by atoms with Gasteiger partial charge in [-0.3, -0.25) is 0 Å². The average Bonchev–Trinajstić information content (AvgIpc) is 2.19. The molecule has 76 valence electrons. The molecule has 0 bridgehead atoms. The van der Waals surface area contributed by atoms with E-state index < -0.39 is 0 Å². The molecule has 0 amide bonds. The quantitative estimate of drug-likeness (QED) is 0.725. The molecule has 0 heterocycles. The number of hydrogen-bond donors (Lipinski definition) is 1. The van der Waals surface area contributed by atoms with E-state index in [1.165, 1.54) is 17.7 Å². The number of rotatable bonds is 4. The molecule has 2 heteroatoms. The molecule has 0 unspecified atom stereocenters. The Morgan fingerprint density at radius 3 is 2.57 bits per heavy atom. The predicted octanol–water partition coefficient (Wildman–Crippen LogP) is 2.84. The van der Waals surface area contributed by atoms with E-state index in [2.05, 4.69) is 11.4 Å². The third kappa shape index (κ3) is 3.30. The molecule has 0 aromatic heterocycles. The summed E-state index contributed by atoms with van der Waals surface area (Å²) in [5, 5.41) is 3.08. The highest BCUT2D eigenvalue weighted by molar-refractivity contribution is 5.63. The zero-order chi connectivity index (χ0) is 10.4. The smallest absolute Gasteiger partial charge is 0.123 e. The zero-order valence-electron chi connectivity index (χ0n) is 8.68. The van der Waals surface area contributed by atoms with Crippen molar-refractivity contribution in [2.24, 2.45) is 0 Å². The second-order valence-electron chi connectivity index (χ2n) is 3.29. The van der Waals surface area contributed by atoms with Crippen molar-refractivity contribution in [1.82, 2.24) is 5.32 Å². The van der Waals surface area contributed by atoms with Crippen LogP contribution in [0.2, 0.25) is 0 Å². The van der Waals surface area contributed by atoms with Crippen LogP contribution in [0.25, 0.3) is 5.57 Å². The van der Waals surface area contributed by atoms with E-state index >= 15 is 0 Å². The lowest BCUT2D eigenvalue weighted by Gasteiger charge is -2.01. The number of allylic oxidation sites excluding steroid dienone is 1. The highest BCUT2D eigenvalue weighted by Gasteiger charge is 1.95. The second kappa shape index (κ2) is 5.55. The van der Waals surface area contributed by atoms with Crippen LogP contribution < -0.4 is 5.32 Å². The van der Waals surface area contributed by atoms with E-state index in [1.807, 2.05) is 14.0 Å². The molecule has 1 aromatic rings. The highest BCUT2D eigenvalue weighted by Crippen LogP contribution is 2.14. The first kappa shape index (κ1) is 10.9. The van der Waals surface area contributed by atoms with Gasteiger partial charge < -0.3 is 5.32 Å². The standard InChI is InChI=1S/C12H16FN/c1-10(4-3-9-14-2)11-5-7-12(13)8-6-11/h4-8,14H,3,9H2,1-2H3. The van der Waals surface area contributed by atoms with Crippen molar-refractivity contribution in [3.63, 3.8) is 0 Å². The lowest BCUT2D eigenvalue weighted by Crippen LogP contribution is -2.05. The minimum absolute atomic E-state index is 0.184. The van der Waals surface area contributed by atoms with Crippen LogP contribution in [-0.2, 0) is 0 Å². The molecule has 0 fully saturated rings. The van der Waals surface area contributed by atoms with Gasteiger partial charge in [-0.1, -0.05) is 18.2 Å². The SMILES string of the molecule is CNCCC=C(C)c1ccc(F)cc1. The summed E-state index contributed by atoms with van der Waals surface area (Å²) in [6.07, 6.45) is 3.16. The van der Waals surface area contributed by atoms with Gasteiger partial charge in [0.1, 0.15) is 5.82 Å². The minimum atomic E-state index is -0.184. The first-order valence-electron chi connectivity index (χ1n) is 4.81. The third-order valence-corrected chi connectivity index (χ3v) is 2.14. The average molecular weight is 193 g/mol. The zero-order valence-corrected chi connectivity index (χ0v) is 8.68. The fourth-order valence-corrected chi connectivity index (χ4v) is 1.26. The Morgan fingerprint density at radius 2 is 2.00 bits per heavy atom. The van der Waals surface area contributed by atoms with Gasteiger partial charge in [0.05, 0.1) is 0 Å². The van der Waals surface area contributed by atoms with E-state index in [0.29, 0.717) is 0 Å². The Balaban J connectivity index is 2.64. The summed E-state index contributed by atoms with van der Waals surface area (Å²) >= 11 is 0. The molecule has 1 rings (SSSR count).